The Kier molecular flexibility index (Phi) is 13.4. The van der Waals surface area contributed by atoms with Crippen LogP contribution in [-0.4, -0.2) is 12.6 Å². The van der Waals surface area contributed by atoms with Gasteiger partial charge in [-0.05, 0) is 13.3 Å². The third-order valence-electron chi connectivity index (χ3n) is 0.788. The van der Waals surface area contributed by atoms with Crippen LogP contribution >= 0.6 is 0 Å². The molecule has 1 rings (SSSR count). The van der Waals surface area contributed by atoms with Crippen molar-refractivity contribution in [2.45, 2.75) is 19.8 Å². The Hall–Kier alpha value is -1.05. The summed E-state index contributed by atoms with van der Waals surface area (Å²) in [6.45, 7) is 11.9. The standard InChI is InChI=1S/C4H6O2.C3H6.C2H4/c5-4-2-1-3-6-4;1-3-2;1-2/h1-3H2;3H,1H2,2H3;1-2H2. The molecule has 0 radical (unpaired) electrons. The predicted molar refractivity (Wildman–Crippen MR) is 47.3 cm³/mol. The third kappa shape index (κ3) is 12.2. The molecule has 0 saturated carbocycles. The zero-order valence-electron chi connectivity index (χ0n) is 7.14. The normalized spacial score (nSPS) is 13.0. The van der Waals surface area contributed by atoms with Crippen LogP contribution in [0.2, 0.25) is 0 Å². The minimum atomic E-state index is -0.0463. The van der Waals surface area contributed by atoms with Crippen LogP contribution in [0.3, 0.4) is 0 Å². The fourth-order valence-corrected chi connectivity index (χ4v) is 0.475. The maximum Gasteiger partial charge on any atom is 0.305 e. The summed E-state index contributed by atoms with van der Waals surface area (Å²) in [5, 5.41) is 0. The van der Waals surface area contributed by atoms with Crippen molar-refractivity contribution in [1.29, 1.82) is 0 Å². The van der Waals surface area contributed by atoms with Crippen molar-refractivity contribution in [3.63, 3.8) is 0 Å². The van der Waals surface area contributed by atoms with Crippen LogP contribution in [0.5, 0.6) is 0 Å². The topological polar surface area (TPSA) is 26.3 Å². The SMILES string of the molecule is C=C.C=CC.O=C1CCCO1. The molecule has 0 atom stereocenters. The second-order valence-electron chi connectivity index (χ2n) is 1.73. The molecule has 0 unspecified atom stereocenters. The van der Waals surface area contributed by atoms with Gasteiger partial charge in [-0.3, -0.25) is 4.79 Å². The lowest BCUT2D eigenvalue weighted by molar-refractivity contribution is -0.137. The van der Waals surface area contributed by atoms with Crippen molar-refractivity contribution >= 4 is 5.97 Å². The van der Waals surface area contributed by atoms with Gasteiger partial charge in [-0.1, -0.05) is 6.08 Å². The number of hydrogen-bond acceptors (Lipinski definition) is 2. The zero-order chi connectivity index (χ0) is 9.11. The van der Waals surface area contributed by atoms with Crippen molar-refractivity contribution in [2.75, 3.05) is 6.61 Å². The molecule has 2 heteroatoms. The molecule has 0 spiro atoms. The van der Waals surface area contributed by atoms with Gasteiger partial charge in [0.2, 0.25) is 0 Å². The lowest BCUT2D eigenvalue weighted by atomic mass is 10.4. The van der Waals surface area contributed by atoms with Gasteiger partial charge in [0, 0.05) is 6.42 Å². The summed E-state index contributed by atoms with van der Waals surface area (Å²) < 4.78 is 4.51. The monoisotopic (exact) mass is 156 g/mol. The molecule has 0 aromatic rings. The van der Waals surface area contributed by atoms with Gasteiger partial charge in [0.25, 0.3) is 0 Å². The molecule has 0 aromatic carbocycles. The van der Waals surface area contributed by atoms with E-state index in [0.29, 0.717) is 13.0 Å². The van der Waals surface area contributed by atoms with E-state index in [0.717, 1.165) is 6.42 Å². The van der Waals surface area contributed by atoms with Crippen molar-refractivity contribution in [2.24, 2.45) is 0 Å². The molecule has 0 aromatic heterocycles. The molecule has 1 aliphatic heterocycles. The van der Waals surface area contributed by atoms with Gasteiger partial charge >= 0.3 is 5.97 Å². The number of carbonyl (C=O) groups excluding carboxylic acids is 1. The van der Waals surface area contributed by atoms with E-state index in [9.17, 15) is 4.79 Å². The van der Waals surface area contributed by atoms with E-state index in [1.807, 2.05) is 6.92 Å². The van der Waals surface area contributed by atoms with E-state index in [4.69, 9.17) is 0 Å². The smallest absolute Gasteiger partial charge is 0.305 e. The maximum atomic E-state index is 10.0. The van der Waals surface area contributed by atoms with Gasteiger partial charge in [-0.25, -0.2) is 0 Å². The highest BCUT2D eigenvalue weighted by Crippen LogP contribution is 2.01. The molecule has 11 heavy (non-hydrogen) atoms. The molecule has 0 N–H and O–H groups in total. The van der Waals surface area contributed by atoms with Gasteiger partial charge in [0.05, 0.1) is 6.61 Å². The molecular weight excluding hydrogens is 140 g/mol. The average molecular weight is 156 g/mol. The van der Waals surface area contributed by atoms with Gasteiger partial charge in [-0.15, -0.1) is 19.7 Å². The predicted octanol–water partition coefficient (Wildman–Crippen LogP) is 2.32. The van der Waals surface area contributed by atoms with Crippen LogP contribution < -0.4 is 0 Å². The molecule has 0 aliphatic carbocycles. The first-order valence-corrected chi connectivity index (χ1v) is 3.54. The lowest BCUT2D eigenvalue weighted by Gasteiger charge is -1.81. The number of ether oxygens (including phenoxy) is 1. The third-order valence-corrected chi connectivity index (χ3v) is 0.788. The van der Waals surface area contributed by atoms with E-state index in [1.165, 1.54) is 0 Å². The van der Waals surface area contributed by atoms with Crippen LogP contribution in [0.4, 0.5) is 0 Å². The van der Waals surface area contributed by atoms with E-state index in [2.05, 4.69) is 24.5 Å². The second kappa shape index (κ2) is 11.7. The highest BCUT2D eigenvalue weighted by molar-refractivity contribution is 5.70. The van der Waals surface area contributed by atoms with Gasteiger partial charge < -0.3 is 4.74 Å². The molecule has 1 saturated heterocycles. The molecule has 1 fully saturated rings. The Morgan fingerprint density at radius 1 is 1.55 bits per heavy atom. The fourth-order valence-electron chi connectivity index (χ4n) is 0.475. The van der Waals surface area contributed by atoms with Crippen molar-refractivity contribution < 1.29 is 9.53 Å². The molecule has 1 heterocycles. The Bertz CT molecular complexity index is 100. The molecule has 0 amide bonds. The summed E-state index contributed by atoms with van der Waals surface area (Å²) in [4.78, 5) is 10.0. The Labute approximate surface area is 68.6 Å². The second-order valence-corrected chi connectivity index (χ2v) is 1.73. The van der Waals surface area contributed by atoms with E-state index >= 15 is 0 Å². The Balaban J connectivity index is 0. The largest absolute Gasteiger partial charge is 0.466 e. The summed E-state index contributed by atoms with van der Waals surface area (Å²) in [7, 11) is 0. The van der Waals surface area contributed by atoms with Gasteiger partial charge in [0.15, 0.2) is 0 Å². The zero-order valence-corrected chi connectivity index (χ0v) is 7.14. The molecule has 0 bridgehead atoms. The summed E-state index contributed by atoms with van der Waals surface area (Å²) in [6, 6.07) is 0. The summed E-state index contributed by atoms with van der Waals surface area (Å²) >= 11 is 0. The fraction of sp³-hybridized carbons (Fsp3) is 0.444. The van der Waals surface area contributed by atoms with Crippen LogP contribution in [0.15, 0.2) is 25.8 Å². The van der Waals surface area contributed by atoms with Crippen LogP contribution in [0, 0.1) is 0 Å². The minimum absolute atomic E-state index is 0.0463. The molecule has 1 aliphatic rings. The summed E-state index contributed by atoms with van der Waals surface area (Å²) in [5.74, 6) is -0.0463. The number of esters is 1. The van der Waals surface area contributed by atoms with Crippen LogP contribution in [0.25, 0.3) is 0 Å². The van der Waals surface area contributed by atoms with E-state index in [1.54, 1.807) is 6.08 Å². The van der Waals surface area contributed by atoms with E-state index < -0.39 is 0 Å². The van der Waals surface area contributed by atoms with Crippen molar-refractivity contribution in [3.05, 3.63) is 25.8 Å². The first-order chi connectivity index (χ1) is 5.31. The summed E-state index contributed by atoms with van der Waals surface area (Å²) in [6.07, 6.45) is 3.29. The maximum absolute atomic E-state index is 10.0. The highest BCUT2D eigenvalue weighted by Gasteiger charge is 2.08. The van der Waals surface area contributed by atoms with Gasteiger partial charge in [0.1, 0.15) is 0 Å². The number of cyclic esters (lactones) is 1. The minimum Gasteiger partial charge on any atom is -0.466 e. The van der Waals surface area contributed by atoms with Crippen LogP contribution in [0.1, 0.15) is 19.8 Å². The molecule has 64 valence electrons. The van der Waals surface area contributed by atoms with E-state index in [-0.39, 0.29) is 5.97 Å². The lowest BCUT2D eigenvalue weighted by Crippen LogP contribution is -1.88. The number of hydrogen-bond donors (Lipinski definition) is 0. The number of allylic oxidation sites excluding steroid dienone is 1. The average Bonchev–Trinajstić information content (AvgIpc) is 2.46. The van der Waals surface area contributed by atoms with Gasteiger partial charge in [-0.2, -0.15) is 0 Å². The highest BCUT2D eigenvalue weighted by atomic mass is 16.5. The Morgan fingerprint density at radius 3 is 2.09 bits per heavy atom. The van der Waals surface area contributed by atoms with Crippen molar-refractivity contribution in [3.8, 4) is 0 Å². The number of rotatable bonds is 0. The number of carbonyl (C=O) groups is 1. The molecule has 2 nitrogen and oxygen atoms in total. The first-order valence-electron chi connectivity index (χ1n) is 3.54. The first kappa shape index (κ1) is 12.6. The molecular formula is C9H16O2. The van der Waals surface area contributed by atoms with Crippen LogP contribution in [-0.2, 0) is 9.53 Å². The Morgan fingerprint density at radius 2 is 2.00 bits per heavy atom. The summed E-state index contributed by atoms with van der Waals surface area (Å²) in [5.41, 5.74) is 0. The quantitative estimate of drug-likeness (QED) is 0.397. The van der Waals surface area contributed by atoms with Crippen molar-refractivity contribution in [1.82, 2.24) is 0 Å².